The number of carbonyl (C=O) groups excluding carboxylic acids is 1. The van der Waals surface area contributed by atoms with E-state index in [1.54, 1.807) is 13.0 Å². The molecule has 1 aromatic carbocycles. The number of benzene rings is 1. The Balaban J connectivity index is 2.61. The van der Waals surface area contributed by atoms with Crippen molar-refractivity contribution >= 4 is 17.7 Å². The fraction of sp³-hybridized carbons (Fsp3) is 0.0909. The van der Waals surface area contributed by atoms with E-state index < -0.39 is 5.97 Å². The van der Waals surface area contributed by atoms with Crippen LogP contribution in [0.2, 0.25) is 0 Å². The van der Waals surface area contributed by atoms with Gasteiger partial charge in [-0.25, -0.2) is 9.59 Å². The minimum absolute atomic E-state index is 0.180. The van der Waals surface area contributed by atoms with Gasteiger partial charge in [-0.05, 0) is 31.2 Å². The number of amides is 2. The molecular weight excluding hydrogens is 208 g/mol. The van der Waals surface area contributed by atoms with Gasteiger partial charge in [0.25, 0.3) is 0 Å². The molecule has 0 saturated heterocycles. The van der Waals surface area contributed by atoms with Crippen LogP contribution in [0.15, 0.2) is 36.5 Å². The van der Waals surface area contributed by atoms with Gasteiger partial charge in [0.1, 0.15) is 0 Å². The molecule has 84 valence electrons. The van der Waals surface area contributed by atoms with E-state index >= 15 is 0 Å². The second-order valence-corrected chi connectivity index (χ2v) is 2.98. The lowest BCUT2D eigenvalue weighted by Crippen LogP contribution is -2.23. The smallest absolute Gasteiger partial charge is 0.335 e. The Morgan fingerprint density at radius 3 is 2.38 bits per heavy atom. The third-order valence-corrected chi connectivity index (χ3v) is 1.77. The van der Waals surface area contributed by atoms with E-state index in [4.69, 9.17) is 5.11 Å². The molecule has 0 spiro atoms. The van der Waals surface area contributed by atoms with E-state index in [-0.39, 0.29) is 11.6 Å². The normalized spacial score (nSPS) is 10.1. The number of rotatable bonds is 3. The molecule has 0 aromatic heterocycles. The highest BCUT2D eigenvalue weighted by atomic mass is 16.4. The number of allylic oxidation sites excluding steroid dienone is 1. The van der Waals surface area contributed by atoms with E-state index in [9.17, 15) is 9.59 Å². The van der Waals surface area contributed by atoms with Gasteiger partial charge in [-0.1, -0.05) is 6.08 Å². The number of carboxylic acids is 1. The number of nitrogens with one attached hydrogen (secondary N) is 2. The molecule has 0 aliphatic rings. The van der Waals surface area contributed by atoms with E-state index in [1.807, 2.05) is 0 Å². The first-order valence-corrected chi connectivity index (χ1v) is 4.65. The van der Waals surface area contributed by atoms with Crippen molar-refractivity contribution in [2.24, 2.45) is 0 Å². The average Bonchev–Trinajstić information content (AvgIpc) is 2.27. The number of carboxylic acid groups (broad SMARTS) is 1. The summed E-state index contributed by atoms with van der Waals surface area (Å²) in [5.41, 5.74) is 0.714. The Morgan fingerprint density at radius 1 is 1.25 bits per heavy atom. The van der Waals surface area contributed by atoms with Gasteiger partial charge < -0.3 is 15.7 Å². The van der Waals surface area contributed by atoms with Crippen LogP contribution in [-0.2, 0) is 0 Å². The van der Waals surface area contributed by atoms with Crippen LogP contribution in [0.5, 0.6) is 0 Å². The third-order valence-electron chi connectivity index (χ3n) is 1.77. The van der Waals surface area contributed by atoms with Crippen LogP contribution in [0.4, 0.5) is 10.5 Å². The highest BCUT2D eigenvalue weighted by molar-refractivity contribution is 5.91. The van der Waals surface area contributed by atoms with E-state index in [1.165, 1.54) is 30.5 Å². The summed E-state index contributed by atoms with van der Waals surface area (Å²) < 4.78 is 0. The van der Waals surface area contributed by atoms with Gasteiger partial charge >= 0.3 is 12.0 Å². The number of urea groups is 1. The van der Waals surface area contributed by atoms with Gasteiger partial charge in [-0.2, -0.15) is 0 Å². The van der Waals surface area contributed by atoms with E-state index in [0.29, 0.717) is 5.69 Å². The van der Waals surface area contributed by atoms with E-state index in [2.05, 4.69) is 10.6 Å². The molecule has 0 fully saturated rings. The summed E-state index contributed by atoms with van der Waals surface area (Å²) in [6, 6.07) is 5.53. The summed E-state index contributed by atoms with van der Waals surface area (Å²) in [6.07, 6.45) is 3.19. The first-order chi connectivity index (χ1) is 7.63. The maximum absolute atomic E-state index is 11.2. The third kappa shape index (κ3) is 3.45. The molecule has 3 N–H and O–H groups in total. The molecule has 16 heavy (non-hydrogen) atoms. The Kier molecular flexibility index (Phi) is 4.08. The average molecular weight is 220 g/mol. The van der Waals surface area contributed by atoms with Crippen molar-refractivity contribution < 1.29 is 14.7 Å². The van der Waals surface area contributed by atoms with Crippen LogP contribution in [0.25, 0.3) is 0 Å². The zero-order chi connectivity index (χ0) is 12.0. The molecule has 2 amide bonds. The molecule has 5 nitrogen and oxygen atoms in total. The van der Waals surface area contributed by atoms with Gasteiger partial charge in [0.05, 0.1) is 5.56 Å². The van der Waals surface area contributed by atoms with Crippen LogP contribution in [0.1, 0.15) is 17.3 Å². The van der Waals surface area contributed by atoms with Crippen LogP contribution in [0.3, 0.4) is 0 Å². The summed E-state index contributed by atoms with van der Waals surface area (Å²) in [6.45, 7) is 1.78. The number of hydrogen-bond acceptors (Lipinski definition) is 2. The minimum Gasteiger partial charge on any atom is -0.478 e. The first kappa shape index (κ1) is 11.8. The predicted molar refractivity (Wildman–Crippen MR) is 60.4 cm³/mol. The van der Waals surface area contributed by atoms with Crippen molar-refractivity contribution in [3.63, 3.8) is 0 Å². The predicted octanol–water partition coefficient (Wildman–Crippen LogP) is 2.04. The van der Waals surface area contributed by atoms with Gasteiger partial charge in [0, 0.05) is 11.9 Å². The van der Waals surface area contributed by atoms with Crippen molar-refractivity contribution in [2.45, 2.75) is 6.92 Å². The van der Waals surface area contributed by atoms with Crippen molar-refractivity contribution in [3.8, 4) is 0 Å². The molecule has 0 bridgehead atoms. The highest BCUT2D eigenvalue weighted by Crippen LogP contribution is 2.09. The molecule has 0 aliphatic carbocycles. The Morgan fingerprint density at radius 2 is 1.88 bits per heavy atom. The summed E-state index contributed by atoms with van der Waals surface area (Å²) in [7, 11) is 0. The first-order valence-electron chi connectivity index (χ1n) is 4.65. The van der Waals surface area contributed by atoms with Crippen molar-refractivity contribution in [3.05, 3.63) is 42.1 Å². The zero-order valence-electron chi connectivity index (χ0n) is 8.73. The molecule has 1 rings (SSSR count). The summed E-state index contributed by atoms with van der Waals surface area (Å²) in [5.74, 6) is -0.995. The lowest BCUT2D eigenvalue weighted by Gasteiger charge is -2.04. The number of anilines is 1. The van der Waals surface area contributed by atoms with Gasteiger partial charge in [-0.15, -0.1) is 0 Å². The quantitative estimate of drug-likeness (QED) is 0.729. The highest BCUT2D eigenvalue weighted by Gasteiger charge is 2.03. The van der Waals surface area contributed by atoms with E-state index in [0.717, 1.165) is 0 Å². The molecule has 0 unspecified atom stereocenters. The largest absolute Gasteiger partial charge is 0.478 e. The Hall–Kier alpha value is -2.30. The fourth-order valence-corrected chi connectivity index (χ4v) is 1.02. The lowest BCUT2D eigenvalue weighted by molar-refractivity contribution is 0.0697. The lowest BCUT2D eigenvalue weighted by atomic mass is 10.2. The van der Waals surface area contributed by atoms with Crippen molar-refractivity contribution in [1.82, 2.24) is 5.32 Å². The van der Waals surface area contributed by atoms with Gasteiger partial charge in [-0.3, -0.25) is 0 Å². The molecular formula is C11H12N2O3. The molecule has 0 atom stereocenters. The molecule has 0 saturated carbocycles. The number of hydrogen-bond donors (Lipinski definition) is 3. The Bertz CT molecular complexity index is 410. The minimum atomic E-state index is -0.995. The SMILES string of the molecule is C/C=C/NC(=O)Nc1ccc(C(=O)O)cc1. The van der Waals surface area contributed by atoms with Crippen molar-refractivity contribution in [2.75, 3.05) is 5.32 Å². The van der Waals surface area contributed by atoms with Crippen LogP contribution in [0, 0.1) is 0 Å². The molecule has 5 heteroatoms. The zero-order valence-corrected chi connectivity index (χ0v) is 8.73. The summed E-state index contributed by atoms with van der Waals surface area (Å²) in [4.78, 5) is 21.8. The fourth-order valence-electron chi connectivity index (χ4n) is 1.02. The molecule has 0 radical (unpaired) electrons. The Labute approximate surface area is 92.8 Å². The van der Waals surface area contributed by atoms with Crippen molar-refractivity contribution in [1.29, 1.82) is 0 Å². The second kappa shape index (κ2) is 5.55. The van der Waals surface area contributed by atoms with Gasteiger partial charge in [0.15, 0.2) is 0 Å². The molecule has 0 heterocycles. The monoisotopic (exact) mass is 220 g/mol. The van der Waals surface area contributed by atoms with Crippen LogP contribution in [-0.4, -0.2) is 17.1 Å². The standard InChI is InChI=1S/C11H12N2O3/c1-2-7-12-11(16)13-9-5-3-8(4-6-9)10(14)15/h2-7H,1H3,(H,14,15)(H2,12,13,16)/b7-2+. The van der Waals surface area contributed by atoms with Crippen LogP contribution < -0.4 is 10.6 Å². The molecule has 1 aromatic rings. The topological polar surface area (TPSA) is 78.4 Å². The van der Waals surface area contributed by atoms with Gasteiger partial charge in [0.2, 0.25) is 0 Å². The maximum Gasteiger partial charge on any atom is 0.335 e. The maximum atomic E-state index is 11.2. The second-order valence-electron chi connectivity index (χ2n) is 2.98. The summed E-state index contributed by atoms with van der Waals surface area (Å²) >= 11 is 0. The summed E-state index contributed by atoms with van der Waals surface area (Å²) in [5, 5.41) is 13.7. The number of carbonyl (C=O) groups is 2. The molecule has 0 aliphatic heterocycles. The number of aromatic carboxylic acids is 1. The van der Waals surface area contributed by atoms with Crippen LogP contribution >= 0.6 is 0 Å².